The smallest absolute Gasteiger partial charge is 0.323 e. The van der Waals surface area contributed by atoms with Crippen molar-refractivity contribution < 1.29 is 0 Å². The van der Waals surface area contributed by atoms with E-state index in [9.17, 15) is 4.79 Å². The molecule has 0 atom stereocenters. The Morgan fingerprint density at radius 2 is 2.05 bits per heavy atom. The average molecular weight is 250 g/mol. The molecule has 0 saturated carbocycles. The highest BCUT2D eigenvalue weighted by Crippen LogP contribution is 2.27. The second-order valence-corrected chi connectivity index (χ2v) is 4.45. The summed E-state index contributed by atoms with van der Waals surface area (Å²) >= 11 is 0. The molecule has 4 rings (SSSR count). The molecule has 0 aliphatic heterocycles. The van der Waals surface area contributed by atoms with Gasteiger partial charge in [0.05, 0.1) is 11.0 Å². The van der Waals surface area contributed by atoms with E-state index in [1.54, 1.807) is 6.20 Å². The Labute approximate surface area is 107 Å². The number of H-pyrrole nitrogens is 3. The Kier molecular flexibility index (Phi) is 1.91. The normalized spacial score (nSPS) is 11.4. The van der Waals surface area contributed by atoms with E-state index in [1.165, 1.54) is 0 Å². The minimum Gasteiger partial charge on any atom is -0.346 e. The van der Waals surface area contributed by atoms with Gasteiger partial charge >= 0.3 is 5.69 Å². The highest BCUT2D eigenvalue weighted by molar-refractivity contribution is 5.93. The van der Waals surface area contributed by atoms with E-state index in [0.29, 0.717) is 0 Å². The van der Waals surface area contributed by atoms with E-state index in [4.69, 9.17) is 0 Å². The van der Waals surface area contributed by atoms with Crippen molar-refractivity contribution in [2.45, 2.75) is 0 Å². The minimum atomic E-state index is -0.196. The molecule has 0 spiro atoms. The molecule has 92 valence electrons. The van der Waals surface area contributed by atoms with Crippen molar-refractivity contribution in [3.63, 3.8) is 0 Å². The van der Waals surface area contributed by atoms with Crippen molar-refractivity contribution in [2.75, 3.05) is 0 Å². The highest BCUT2D eigenvalue weighted by Gasteiger charge is 2.07. The van der Waals surface area contributed by atoms with Crippen molar-refractivity contribution in [1.82, 2.24) is 19.9 Å². The molecule has 0 unspecified atom stereocenters. The molecule has 3 aromatic heterocycles. The lowest BCUT2D eigenvalue weighted by Gasteiger charge is -2.02. The Hall–Kier alpha value is -2.82. The van der Waals surface area contributed by atoms with Gasteiger partial charge in [0, 0.05) is 28.9 Å². The zero-order chi connectivity index (χ0) is 12.8. The first-order chi connectivity index (χ1) is 9.31. The maximum Gasteiger partial charge on any atom is 0.323 e. The monoisotopic (exact) mass is 250 g/mol. The number of aromatic amines is 3. The lowest BCUT2D eigenvalue weighted by atomic mass is 10.1. The first kappa shape index (κ1) is 10.1. The van der Waals surface area contributed by atoms with E-state index < -0.39 is 0 Å². The van der Waals surface area contributed by atoms with Gasteiger partial charge in [-0.05, 0) is 18.2 Å². The third-order valence-corrected chi connectivity index (χ3v) is 3.26. The second kappa shape index (κ2) is 3.58. The maximum absolute atomic E-state index is 11.4. The zero-order valence-electron chi connectivity index (χ0n) is 9.90. The molecule has 0 aliphatic carbocycles. The number of imidazole rings is 1. The Bertz CT molecular complexity index is 945. The van der Waals surface area contributed by atoms with Gasteiger partial charge in [-0.25, -0.2) is 9.78 Å². The number of hydrogen-bond donors (Lipinski definition) is 3. The van der Waals surface area contributed by atoms with Gasteiger partial charge < -0.3 is 15.0 Å². The molecular weight excluding hydrogens is 240 g/mol. The predicted octanol–water partition coefficient (Wildman–Crippen LogP) is 2.40. The number of para-hydroxylation sites is 1. The standard InChI is InChI=1S/C14H10N4O/c19-14-17-11-3-1-2-10(12(11)18-14)9-6-8-4-5-15-13(8)16-7-9/h1-7H,(H,15,16)(H2,17,18,19). The van der Waals surface area contributed by atoms with Crippen LogP contribution in [-0.2, 0) is 0 Å². The van der Waals surface area contributed by atoms with E-state index >= 15 is 0 Å². The molecule has 0 aliphatic rings. The number of nitrogens with zero attached hydrogens (tertiary/aromatic N) is 1. The number of fused-ring (bicyclic) bond motifs is 2. The minimum absolute atomic E-state index is 0.196. The molecule has 0 fully saturated rings. The molecular formula is C14H10N4O. The van der Waals surface area contributed by atoms with Gasteiger partial charge in [0.2, 0.25) is 0 Å². The van der Waals surface area contributed by atoms with Crippen molar-refractivity contribution in [3.05, 3.63) is 53.2 Å². The molecule has 19 heavy (non-hydrogen) atoms. The zero-order valence-corrected chi connectivity index (χ0v) is 9.90. The van der Waals surface area contributed by atoms with Crippen LogP contribution in [0.4, 0.5) is 0 Å². The third kappa shape index (κ3) is 1.48. The van der Waals surface area contributed by atoms with Gasteiger partial charge in [-0.2, -0.15) is 0 Å². The van der Waals surface area contributed by atoms with Crippen LogP contribution < -0.4 is 5.69 Å². The fourth-order valence-electron chi connectivity index (χ4n) is 2.39. The molecule has 3 heterocycles. The van der Waals surface area contributed by atoms with Crippen LogP contribution in [0.15, 0.2) is 47.5 Å². The molecule has 0 radical (unpaired) electrons. The number of pyridine rings is 1. The maximum atomic E-state index is 11.4. The Balaban J connectivity index is 2.05. The lowest BCUT2D eigenvalue weighted by Crippen LogP contribution is -1.99. The number of nitrogens with one attached hydrogen (secondary N) is 3. The van der Waals surface area contributed by atoms with Crippen LogP contribution in [0.3, 0.4) is 0 Å². The van der Waals surface area contributed by atoms with Crippen LogP contribution in [-0.4, -0.2) is 19.9 Å². The van der Waals surface area contributed by atoms with E-state index in [-0.39, 0.29) is 5.69 Å². The summed E-state index contributed by atoms with van der Waals surface area (Å²) in [5, 5.41) is 1.05. The van der Waals surface area contributed by atoms with Gasteiger partial charge in [-0.15, -0.1) is 0 Å². The SMILES string of the molecule is O=c1[nH]c2cccc(-c3cnc4[nH]ccc4c3)c2[nH]1. The van der Waals surface area contributed by atoms with Crippen molar-refractivity contribution >= 4 is 22.1 Å². The van der Waals surface area contributed by atoms with E-state index in [0.717, 1.165) is 33.2 Å². The van der Waals surface area contributed by atoms with Gasteiger partial charge in [0.15, 0.2) is 0 Å². The summed E-state index contributed by atoms with van der Waals surface area (Å²) in [4.78, 5) is 24.4. The fraction of sp³-hybridized carbons (Fsp3) is 0. The summed E-state index contributed by atoms with van der Waals surface area (Å²) < 4.78 is 0. The first-order valence-corrected chi connectivity index (χ1v) is 5.96. The van der Waals surface area contributed by atoms with Gasteiger partial charge in [-0.1, -0.05) is 12.1 Å². The molecule has 3 N–H and O–H groups in total. The summed E-state index contributed by atoms with van der Waals surface area (Å²) in [6.45, 7) is 0. The number of rotatable bonds is 1. The summed E-state index contributed by atoms with van der Waals surface area (Å²) in [5.41, 5.74) is 4.22. The highest BCUT2D eigenvalue weighted by atomic mass is 16.1. The Morgan fingerprint density at radius 1 is 1.11 bits per heavy atom. The van der Waals surface area contributed by atoms with Crippen molar-refractivity contribution in [2.24, 2.45) is 0 Å². The van der Waals surface area contributed by atoms with Gasteiger partial charge in [-0.3, -0.25) is 0 Å². The van der Waals surface area contributed by atoms with Crippen LogP contribution in [0.5, 0.6) is 0 Å². The molecule has 4 aromatic rings. The summed E-state index contributed by atoms with van der Waals surface area (Å²) in [7, 11) is 0. The molecule has 0 bridgehead atoms. The van der Waals surface area contributed by atoms with Gasteiger partial charge in [0.25, 0.3) is 0 Å². The van der Waals surface area contributed by atoms with Gasteiger partial charge in [0.1, 0.15) is 5.65 Å². The summed E-state index contributed by atoms with van der Waals surface area (Å²) in [5.74, 6) is 0. The average Bonchev–Trinajstić information content (AvgIpc) is 3.01. The Morgan fingerprint density at radius 3 is 3.00 bits per heavy atom. The van der Waals surface area contributed by atoms with Crippen LogP contribution in [0, 0.1) is 0 Å². The van der Waals surface area contributed by atoms with Crippen LogP contribution in [0.25, 0.3) is 33.2 Å². The molecule has 5 nitrogen and oxygen atoms in total. The van der Waals surface area contributed by atoms with E-state index in [1.807, 2.05) is 30.5 Å². The molecule has 1 aromatic carbocycles. The second-order valence-electron chi connectivity index (χ2n) is 4.45. The van der Waals surface area contributed by atoms with Crippen LogP contribution in [0.2, 0.25) is 0 Å². The summed E-state index contributed by atoms with van der Waals surface area (Å²) in [6, 6.07) is 9.80. The topological polar surface area (TPSA) is 77.3 Å². The molecule has 0 saturated heterocycles. The van der Waals surface area contributed by atoms with Crippen LogP contribution >= 0.6 is 0 Å². The number of benzene rings is 1. The quantitative estimate of drug-likeness (QED) is 0.485. The third-order valence-electron chi connectivity index (χ3n) is 3.26. The van der Waals surface area contributed by atoms with Crippen molar-refractivity contribution in [3.8, 4) is 11.1 Å². The summed E-state index contributed by atoms with van der Waals surface area (Å²) in [6.07, 6.45) is 3.67. The molecule has 0 amide bonds. The molecule has 5 heteroatoms. The first-order valence-electron chi connectivity index (χ1n) is 5.96. The number of aromatic nitrogens is 4. The predicted molar refractivity (Wildman–Crippen MR) is 74.0 cm³/mol. The largest absolute Gasteiger partial charge is 0.346 e. The van der Waals surface area contributed by atoms with E-state index in [2.05, 4.69) is 26.0 Å². The van der Waals surface area contributed by atoms with Crippen molar-refractivity contribution in [1.29, 1.82) is 0 Å². The fourth-order valence-corrected chi connectivity index (χ4v) is 2.39. The van der Waals surface area contributed by atoms with Crippen LogP contribution in [0.1, 0.15) is 0 Å². The number of hydrogen-bond acceptors (Lipinski definition) is 2. The lowest BCUT2D eigenvalue weighted by molar-refractivity contribution is 1.21.